The summed E-state index contributed by atoms with van der Waals surface area (Å²) in [5.41, 5.74) is 4.63. The van der Waals surface area contributed by atoms with Crippen molar-refractivity contribution in [2.45, 2.75) is 23.2 Å². The SMILES string of the molecule is N#C/N=C(\NCc1ccc2c(c1)OCO2)N1CCN(C2c3ccc(Cl)cc3SCc3cccnc32)CC1. The van der Waals surface area contributed by atoms with Gasteiger partial charge in [-0.15, -0.1) is 16.8 Å². The molecule has 10 heteroatoms. The minimum Gasteiger partial charge on any atom is -0.454 e. The number of thioether (sulfide) groups is 1. The molecule has 0 aliphatic carbocycles. The Bertz CT molecular complexity index is 1390. The third-order valence-corrected chi connectivity index (χ3v) is 8.22. The maximum Gasteiger partial charge on any atom is 0.231 e. The van der Waals surface area contributed by atoms with Gasteiger partial charge in [-0.05, 0) is 47.0 Å². The van der Waals surface area contributed by atoms with Crippen molar-refractivity contribution in [2.75, 3.05) is 33.0 Å². The zero-order valence-corrected chi connectivity index (χ0v) is 21.6. The third-order valence-electron chi connectivity index (χ3n) is 6.86. The first-order chi connectivity index (χ1) is 18.2. The quantitative estimate of drug-likeness (QED) is 0.302. The molecule has 0 spiro atoms. The van der Waals surface area contributed by atoms with Gasteiger partial charge in [-0.1, -0.05) is 29.8 Å². The summed E-state index contributed by atoms with van der Waals surface area (Å²) >= 11 is 8.17. The van der Waals surface area contributed by atoms with E-state index in [2.05, 4.69) is 38.3 Å². The van der Waals surface area contributed by atoms with Crippen LogP contribution in [-0.4, -0.2) is 53.7 Å². The van der Waals surface area contributed by atoms with Crippen LogP contribution in [-0.2, 0) is 12.3 Å². The van der Waals surface area contributed by atoms with Gasteiger partial charge in [0.25, 0.3) is 0 Å². The average Bonchev–Trinajstić information content (AvgIpc) is 3.33. The number of hydrogen-bond acceptors (Lipinski definition) is 7. The van der Waals surface area contributed by atoms with Gasteiger partial charge in [0.1, 0.15) is 0 Å². The number of hydrogen-bond donors (Lipinski definition) is 1. The Morgan fingerprint density at radius 3 is 2.86 bits per heavy atom. The number of aliphatic imine (C=N–C) groups is 1. The molecule has 1 fully saturated rings. The molecule has 0 saturated carbocycles. The van der Waals surface area contributed by atoms with Crippen molar-refractivity contribution < 1.29 is 9.47 Å². The summed E-state index contributed by atoms with van der Waals surface area (Å²) in [6, 6.07) is 16.2. The lowest BCUT2D eigenvalue weighted by molar-refractivity contribution is 0.144. The Kier molecular flexibility index (Phi) is 6.79. The van der Waals surface area contributed by atoms with Crippen LogP contribution in [0, 0.1) is 11.5 Å². The van der Waals surface area contributed by atoms with Crippen LogP contribution < -0.4 is 14.8 Å². The van der Waals surface area contributed by atoms with E-state index in [4.69, 9.17) is 26.1 Å². The third kappa shape index (κ3) is 4.92. The second-order valence-electron chi connectivity index (χ2n) is 9.02. The van der Waals surface area contributed by atoms with Gasteiger partial charge >= 0.3 is 0 Å². The van der Waals surface area contributed by atoms with Crippen molar-refractivity contribution in [3.8, 4) is 17.7 Å². The fourth-order valence-electron chi connectivity index (χ4n) is 5.04. The molecule has 1 atom stereocenters. The Hall–Kier alpha value is -3.45. The van der Waals surface area contributed by atoms with Gasteiger partial charge in [-0.3, -0.25) is 9.88 Å². The van der Waals surface area contributed by atoms with Gasteiger partial charge in [-0.2, -0.15) is 5.26 Å². The van der Waals surface area contributed by atoms with Gasteiger partial charge in [0.2, 0.25) is 18.9 Å². The molecule has 37 heavy (non-hydrogen) atoms. The molecule has 1 aromatic heterocycles. The summed E-state index contributed by atoms with van der Waals surface area (Å²) in [6.45, 7) is 3.87. The summed E-state index contributed by atoms with van der Waals surface area (Å²) in [7, 11) is 0. The van der Waals surface area contributed by atoms with Gasteiger partial charge in [0, 0.05) is 54.6 Å². The zero-order chi connectivity index (χ0) is 25.2. The summed E-state index contributed by atoms with van der Waals surface area (Å²) in [5.74, 6) is 2.95. The number of nitrogens with one attached hydrogen (secondary N) is 1. The van der Waals surface area contributed by atoms with Gasteiger partial charge < -0.3 is 19.7 Å². The highest BCUT2D eigenvalue weighted by Crippen LogP contribution is 2.42. The van der Waals surface area contributed by atoms with Gasteiger partial charge in [0.15, 0.2) is 11.5 Å². The summed E-state index contributed by atoms with van der Waals surface area (Å²) in [4.78, 5) is 14.7. The fraction of sp³-hybridized carbons (Fsp3) is 0.296. The predicted octanol–water partition coefficient (Wildman–Crippen LogP) is 4.40. The molecular weight excluding hydrogens is 508 g/mol. The van der Waals surface area contributed by atoms with E-state index in [1.165, 1.54) is 16.0 Å². The van der Waals surface area contributed by atoms with Crippen LogP contribution in [0.5, 0.6) is 11.5 Å². The van der Waals surface area contributed by atoms with Crippen LogP contribution in [0.3, 0.4) is 0 Å². The van der Waals surface area contributed by atoms with Crippen molar-refractivity contribution in [1.82, 2.24) is 20.1 Å². The smallest absolute Gasteiger partial charge is 0.231 e. The minimum atomic E-state index is 0.0542. The number of guanidine groups is 1. The topological polar surface area (TPSA) is 86.0 Å². The highest BCUT2D eigenvalue weighted by atomic mass is 35.5. The van der Waals surface area contributed by atoms with Crippen molar-refractivity contribution in [2.24, 2.45) is 4.99 Å². The summed E-state index contributed by atoms with van der Waals surface area (Å²) in [6.07, 6.45) is 3.84. The fourth-order valence-corrected chi connectivity index (χ4v) is 6.39. The van der Waals surface area contributed by atoms with Gasteiger partial charge in [0.05, 0.1) is 11.7 Å². The molecule has 3 aliphatic heterocycles. The van der Waals surface area contributed by atoms with E-state index >= 15 is 0 Å². The molecule has 0 amide bonds. The first-order valence-corrected chi connectivity index (χ1v) is 13.5. The average molecular weight is 533 g/mol. The van der Waals surface area contributed by atoms with Crippen LogP contribution in [0.2, 0.25) is 5.02 Å². The van der Waals surface area contributed by atoms with Gasteiger partial charge in [-0.25, -0.2) is 0 Å². The lowest BCUT2D eigenvalue weighted by Crippen LogP contribution is -2.53. The lowest BCUT2D eigenvalue weighted by atomic mass is 9.97. The van der Waals surface area contributed by atoms with Crippen LogP contribution in [0.1, 0.15) is 28.4 Å². The maximum atomic E-state index is 9.35. The lowest BCUT2D eigenvalue weighted by Gasteiger charge is -2.40. The van der Waals surface area contributed by atoms with E-state index < -0.39 is 0 Å². The maximum absolute atomic E-state index is 9.35. The van der Waals surface area contributed by atoms with E-state index in [-0.39, 0.29) is 12.8 Å². The monoisotopic (exact) mass is 532 g/mol. The highest BCUT2D eigenvalue weighted by molar-refractivity contribution is 7.98. The zero-order valence-electron chi connectivity index (χ0n) is 20.1. The van der Waals surface area contributed by atoms with Crippen LogP contribution in [0.15, 0.2) is 64.6 Å². The second-order valence-corrected chi connectivity index (χ2v) is 10.5. The highest BCUT2D eigenvalue weighted by Gasteiger charge is 2.33. The number of nitriles is 1. The van der Waals surface area contributed by atoms with Crippen molar-refractivity contribution in [3.05, 3.63) is 82.1 Å². The molecule has 8 nitrogen and oxygen atoms in total. The molecular formula is C27H25ClN6O2S. The predicted molar refractivity (Wildman–Crippen MR) is 143 cm³/mol. The minimum absolute atomic E-state index is 0.0542. The Morgan fingerprint density at radius 1 is 1.14 bits per heavy atom. The number of benzene rings is 2. The number of nitrogens with zero attached hydrogens (tertiary/aromatic N) is 5. The molecule has 0 bridgehead atoms. The molecule has 1 saturated heterocycles. The number of ether oxygens (including phenoxy) is 2. The number of pyridine rings is 1. The Morgan fingerprint density at radius 2 is 2.00 bits per heavy atom. The largest absolute Gasteiger partial charge is 0.454 e. The molecule has 3 aliphatic rings. The molecule has 1 unspecified atom stereocenters. The molecule has 6 rings (SSSR count). The number of halogens is 1. The Balaban J connectivity index is 1.18. The van der Waals surface area contributed by atoms with Crippen LogP contribution in [0.25, 0.3) is 0 Å². The summed E-state index contributed by atoms with van der Waals surface area (Å²) in [5, 5.41) is 13.4. The van der Waals surface area contributed by atoms with Crippen molar-refractivity contribution in [3.63, 3.8) is 0 Å². The van der Waals surface area contributed by atoms with Crippen LogP contribution >= 0.6 is 23.4 Å². The van der Waals surface area contributed by atoms with Crippen LogP contribution in [0.4, 0.5) is 0 Å². The molecule has 3 aromatic rings. The van der Waals surface area contributed by atoms with E-state index in [1.807, 2.05) is 54.5 Å². The number of aromatic nitrogens is 1. The Labute approximate surface area is 224 Å². The van der Waals surface area contributed by atoms with E-state index in [9.17, 15) is 5.26 Å². The number of fused-ring (bicyclic) bond motifs is 3. The standard InChI is InChI=1S/C27H25ClN6O2S/c28-20-4-5-21-24(13-20)37-15-19-2-1-7-30-25(19)26(21)33-8-10-34(11-9-33)27(32-16-29)31-14-18-3-6-22-23(12-18)36-17-35-22/h1-7,12-13,26H,8-11,14-15,17H2,(H,31,32). The van der Waals surface area contributed by atoms with Crippen molar-refractivity contribution in [1.29, 1.82) is 5.26 Å². The molecule has 4 heterocycles. The molecule has 0 radical (unpaired) electrons. The first-order valence-electron chi connectivity index (χ1n) is 12.1. The van der Waals surface area contributed by atoms with E-state index in [0.717, 1.165) is 59.7 Å². The number of piperazine rings is 1. The van der Waals surface area contributed by atoms with E-state index in [1.54, 1.807) is 0 Å². The second kappa shape index (κ2) is 10.5. The first kappa shape index (κ1) is 23.9. The van der Waals surface area contributed by atoms with Crippen molar-refractivity contribution >= 4 is 29.3 Å². The molecule has 188 valence electrons. The number of rotatable bonds is 3. The normalized spacial score (nSPS) is 19.0. The van der Waals surface area contributed by atoms with E-state index in [0.29, 0.717) is 12.5 Å². The molecule has 1 N–H and O–H groups in total. The summed E-state index contributed by atoms with van der Waals surface area (Å²) < 4.78 is 10.9. The molecule has 2 aromatic carbocycles.